The van der Waals surface area contributed by atoms with Gasteiger partial charge in [0.25, 0.3) is 0 Å². The van der Waals surface area contributed by atoms with E-state index in [1.54, 1.807) is 12.1 Å². The van der Waals surface area contributed by atoms with E-state index in [0.717, 1.165) is 5.56 Å². The Bertz CT molecular complexity index is 523. The molecule has 1 aromatic rings. The fourth-order valence-corrected chi connectivity index (χ4v) is 2.85. The van der Waals surface area contributed by atoms with Crippen molar-refractivity contribution < 1.29 is 9.18 Å². The molecular weight excluding hydrogens is 313 g/mol. The summed E-state index contributed by atoms with van der Waals surface area (Å²) in [5.74, 6) is -0.676. The number of carbonyl (C=O) groups excluding carboxylic acids is 1. The maximum absolute atomic E-state index is 14.3. The number of hydrogen-bond donors (Lipinski definition) is 2. The number of primary amides is 1. The van der Waals surface area contributed by atoms with Gasteiger partial charge in [-0.1, -0.05) is 6.07 Å². The molecule has 1 fully saturated rings. The first kappa shape index (κ1) is 14.3. The highest BCUT2D eigenvalue weighted by Crippen LogP contribution is 2.36. The SMILES string of the molecule is CC1(C(N)=O)CCN(c2ccc(CN)c(Br)c2F)C1. The van der Waals surface area contributed by atoms with Gasteiger partial charge >= 0.3 is 0 Å². The van der Waals surface area contributed by atoms with Crippen molar-refractivity contribution in [2.24, 2.45) is 16.9 Å². The first-order valence-corrected chi connectivity index (χ1v) is 6.90. The third-order valence-electron chi connectivity index (χ3n) is 3.77. The van der Waals surface area contributed by atoms with Crippen LogP contribution in [0.15, 0.2) is 16.6 Å². The summed E-state index contributed by atoms with van der Waals surface area (Å²) in [4.78, 5) is 13.3. The molecule has 4 N–H and O–H groups in total. The zero-order chi connectivity index (χ0) is 14.2. The van der Waals surface area contributed by atoms with Crippen molar-refractivity contribution in [3.05, 3.63) is 28.0 Å². The summed E-state index contributed by atoms with van der Waals surface area (Å²) in [5.41, 5.74) is 11.5. The fraction of sp³-hybridized carbons (Fsp3) is 0.462. The zero-order valence-corrected chi connectivity index (χ0v) is 12.3. The van der Waals surface area contributed by atoms with E-state index in [1.807, 2.05) is 11.8 Å². The number of benzene rings is 1. The van der Waals surface area contributed by atoms with Crippen LogP contribution in [-0.4, -0.2) is 19.0 Å². The lowest BCUT2D eigenvalue weighted by molar-refractivity contribution is -0.125. The topological polar surface area (TPSA) is 72.4 Å². The Morgan fingerprint density at radius 3 is 2.79 bits per heavy atom. The molecule has 1 aliphatic rings. The average Bonchev–Trinajstić information content (AvgIpc) is 2.76. The molecule has 2 rings (SSSR count). The minimum absolute atomic E-state index is 0.275. The highest BCUT2D eigenvalue weighted by molar-refractivity contribution is 9.10. The molecule has 0 saturated carbocycles. The first-order chi connectivity index (χ1) is 8.89. The van der Waals surface area contributed by atoms with E-state index in [4.69, 9.17) is 11.5 Å². The average molecular weight is 330 g/mol. The van der Waals surface area contributed by atoms with Gasteiger partial charge in [0.2, 0.25) is 5.91 Å². The molecular formula is C13H17BrFN3O. The lowest BCUT2D eigenvalue weighted by Gasteiger charge is -2.23. The van der Waals surface area contributed by atoms with Crippen LogP contribution < -0.4 is 16.4 Å². The second kappa shape index (κ2) is 5.09. The van der Waals surface area contributed by atoms with Gasteiger partial charge in [-0.25, -0.2) is 4.39 Å². The van der Waals surface area contributed by atoms with Gasteiger partial charge in [-0.3, -0.25) is 4.79 Å². The van der Waals surface area contributed by atoms with Crippen molar-refractivity contribution in [2.45, 2.75) is 19.9 Å². The van der Waals surface area contributed by atoms with Crippen molar-refractivity contribution >= 4 is 27.5 Å². The van der Waals surface area contributed by atoms with E-state index in [0.29, 0.717) is 29.7 Å². The summed E-state index contributed by atoms with van der Waals surface area (Å²) in [7, 11) is 0. The van der Waals surface area contributed by atoms with Crippen LogP contribution >= 0.6 is 15.9 Å². The number of nitrogens with zero attached hydrogens (tertiary/aromatic N) is 1. The number of carbonyl (C=O) groups is 1. The van der Waals surface area contributed by atoms with E-state index in [1.165, 1.54) is 0 Å². The van der Waals surface area contributed by atoms with E-state index in [9.17, 15) is 9.18 Å². The molecule has 1 heterocycles. The number of amides is 1. The van der Waals surface area contributed by atoms with Crippen molar-refractivity contribution in [3.8, 4) is 0 Å². The normalized spacial score (nSPS) is 22.8. The molecule has 0 radical (unpaired) electrons. The van der Waals surface area contributed by atoms with E-state index < -0.39 is 5.41 Å². The summed E-state index contributed by atoms with van der Waals surface area (Å²) in [6.45, 7) is 3.14. The van der Waals surface area contributed by atoms with E-state index in [-0.39, 0.29) is 18.3 Å². The Morgan fingerprint density at radius 2 is 2.26 bits per heavy atom. The Labute approximate surface area is 120 Å². The maximum atomic E-state index is 14.3. The molecule has 0 spiro atoms. The predicted molar refractivity (Wildman–Crippen MR) is 76.1 cm³/mol. The largest absolute Gasteiger partial charge is 0.369 e. The Balaban J connectivity index is 2.30. The molecule has 0 aliphatic carbocycles. The van der Waals surface area contributed by atoms with Crippen LogP contribution in [0.1, 0.15) is 18.9 Å². The van der Waals surface area contributed by atoms with Gasteiger partial charge in [0, 0.05) is 19.6 Å². The molecule has 1 amide bonds. The molecule has 19 heavy (non-hydrogen) atoms. The van der Waals surface area contributed by atoms with Gasteiger partial charge in [-0.05, 0) is 40.9 Å². The molecule has 1 aliphatic heterocycles. The van der Waals surface area contributed by atoms with Gasteiger partial charge < -0.3 is 16.4 Å². The van der Waals surface area contributed by atoms with Crippen molar-refractivity contribution in [1.82, 2.24) is 0 Å². The quantitative estimate of drug-likeness (QED) is 0.887. The fourth-order valence-electron chi connectivity index (χ4n) is 2.35. The molecule has 1 unspecified atom stereocenters. The van der Waals surface area contributed by atoms with Crippen LogP contribution in [0.3, 0.4) is 0 Å². The molecule has 0 bridgehead atoms. The van der Waals surface area contributed by atoms with Crippen LogP contribution in [0.2, 0.25) is 0 Å². The third kappa shape index (κ3) is 2.47. The second-order valence-electron chi connectivity index (χ2n) is 5.17. The summed E-state index contributed by atoms with van der Waals surface area (Å²) >= 11 is 3.22. The Kier molecular flexibility index (Phi) is 3.82. The summed E-state index contributed by atoms with van der Waals surface area (Å²) < 4.78 is 14.7. The molecule has 1 saturated heterocycles. The maximum Gasteiger partial charge on any atom is 0.225 e. The van der Waals surface area contributed by atoms with Gasteiger partial charge in [0.1, 0.15) is 0 Å². The minimum atomic E-state index is -0.592. The van der Waals surface area contributed by atoms with Crippen LogP contribution in [0.5, 0.6) is 0 Å². The standard InChI is InChI=1S/C13H17BrFN3O/c1-13(12(17)19)4-5-18(7-13)9-3-2-8(6-16)10(14)11(9)15/h2-3H,4-7,16H2,1H3,(H2,17,19). The molecule has 6 heteroatoms. The van der Waals surface area contributed by atoms with Crippen LogP contribution in [0, 0.1) is 11.2 Å². The van der Waals surface area contributed by atoms with Gasteiger partial charge in [0.15, 0.2) is 5.82 Å². The van der Waals surface area contributed by atoms with Gasteiger partial charge in [0.05, 0.1) is 15.6 Å². The summed E-state index contributed by atoms with van der Waals surface area (Å²) in [6, 6.07) is 3.50. The third-order valence-corrected chi connectivity index (χ3v) is 4.63. The predicted octanol–water partition coefficient (Wildman–Crippen LogP) is 1.75. The summed E-state index contributed by atoms with van der Waals surface area (Å²) in [5, 5.41) is 0. The highest BCUT2D eigenvalue weighted by Gasteiger charge is 2.39. The Hall–Kier alpha value is -1.14. The molecule has 104 valence electrons. The van der Waals surface area contributed by atoms with Gasteiger partial charge in [-0.15, -0.1) is 0 Å². The van der Waals surface area contributed by atoms with E-state index >= 15 is 0 Å². The van der Waals surface area contributed by atoms with Crippen molar-refractivity contribution in [2.75, 3.05) is 18.0 Å². The van der Waals surface area contributed by atoms with Gasteiger partial charge in [-0.2, -0.15) is 0 Å². The molecule has 1 aromatic carbocycles. The van der Waals surface area contributed by atoms with Crippen molar-refractivity contribution in [3.63, 3.8) is 0 Å². The second-order valence-corrected chi connectivity index (χ2v) is 5.97. The number of anilines is 1. The lowest BCUT2D eigenvalue weighted by Crippen LogP contribution is -2.37. The zero-order valence-electron chi connectivity index (χ0n) is 10.7. The molecule has 1 atom stereocenters. The number of halogens is 2. The molecule has 0 aromatic heterocycles. The van der Waals surface area contributed by atoms with Crippen LogP contribution in [0.4, 0.5) is 10.1 Å². The van der Waals surface area contributed by atoms with Crippen LogP contribution in [-0.2, 0) is 11.3 Å². The monoisotopic (exact) mass is 329 g/mol. The smallest absolute Gasteiger partial charge is 0.225 e. The first-order valence-electron chi connectivity index (χ1n) is 6.11. The van der Waals surface area contributed by atoms with Crippen LogP contribution in [0.25, 0.3) is 0 Å². The lowest BCUT2D eigenvalue weighted by atomic mass is 9.89. The van der Waals surface area contributed by atoms with E-state index in [2.05, 4.69) is 15.9 Å². The summed E-state index contributed by atoms with van der Waals surface area (Å²) in [6.07, 6.45) is 0.637. The molecule has 4 nitrogen and oxygen atoms in total. The number of nitrogens with two attached hydrogens (primary N) is 2. The number of rotatable bonds is 3. The minimum Gasteiger partial charge on any atom is -0.369 e. The van der Waals surface area contributed by atoms with Crippen molar-refractivity contribution in [1.29, 1.82) is 0 Å². The highest BCUT2D eigenvalue weighted by atomic mass is 79.9. The Morgan fingerprint density at radius 1 is 1.58 bits per heavy atom. The number of hydrogen-bond acceptors (Lipinski definition) is 3.